The van der Waals surface area contributed by atoms with Crippen molar-refractivity contribution in [1.82, 2.24) is 10.3 Å². The first-order valence-corrected chi connectivity index (χ1v) is 9.08. The smallest absolute Gasteiger partial charge is 0.171 e. The summed E-state index contributed by atoms with van der Waals surface area (Å²) in [5, 5.41) is 7.41. The Bertz CT molecular complexity index is 494. The van der Waals surface area contributed by atoms with Crippen LogP contribution in [-0.2, 0) is 4.74 Å². The summed E-state index contributed by atoms with van der Waals surface area (Å²) < 4.78 is 5.37. The van der Waals surface area contributed by atoms with Gasteiger partial charge >= 0.3 is 0 Å². The Kier molecular flexibility index (Phi) is 6.05. The van der Waals surface area contributed by atoms with Gasteiger partial charge in [-0.25, -0.2) is 4.98 Å². The lowest BCUT2D eigenvalue weighted by Gasteiger charge is -2.27. The fraction of sp³-hybridized carbons (Fsp3) is 0.647. The zero-order valence-electron chi connectivity index (χ0n) is 13.6. The summed E-state index contributed by atoms with van der Waals surface area (Å²) in [4.78, 5) is 6.78. The Labute approximate surface area is 143 Å². The van der Waals surface area contributed by atoms with E-state index in [1.54, 1.807) is 0 Å². The number of anilines is 2. The number of thiocarbonyl (C=S) groups is 1. The van der Waals surface area contributed by atoms with Gasteiger partial charge < -0.3 is 20.3 Å². The molecule has 0 bridgehead atoms. The van der Waals surface area contributed by atoms with Crippen LogP contribution in [0.15, 0.2) is 18.3 Å². The van der Waals surface area contributed by atoms with Crippen molar-refractivity contribution in [2.45, 2.75) is 44.6 Å². The lowest BCUT2D eigenvalue weighted by molar-refractivity contribution is 0.122. The molecule has 1 aromatic rings. The minimum absolute atomic E-state index is 0.512. The Balaban J connectivity index is 1.49. The molecular formula is C17H26N4OS. The van der Waals surface area contributed by atoms with Crippen molar-refractivity contribution in [2.24, 2.45) is 0 Å². The summed E-state index contributed by atoms with van der Waals surface area (Å²) in [5.41, 5.74) is 0.938. The van der Waals surface area contributed by atoms with Crippen molar-refractivity contribution in [2.75, 3.05) is 36.5 Å². The average Bonchev–Trinajstić information content (AvgIpc) is 2.85. The van der Waals surface area contributed by atoms with Gasteiger partial charge in [-0.1, -0.05) is 25.7 Å². The fourth-order valence-electron chi connectivity index (χ4n) is 3.22. The lowest BCUT2D eigenvalue weighted by atomic mass is 10.1. The molecule has 5 nitrogen and oxygen atoms in total. The first-order chi connectivity index (χ1) is 11.3. The number of hydrogen-bond donors (Lipinski definition) is 2. The third-order valence-corrected chi connectivity index (χ3v) is 4.75. The van der Waals surface area contributed by atoms with E-state index in [4.69, 9.17) is 17.0 Å². The summed E-state index contributed by atoms with van der Waals surface area (Å²) in [7, 11) is 0. The topological polar surface area (TPSA) is 49.4 Å². The third-order valence-electron chi connectivity index (χ3n) is 4.53. The molecule has 0 aromatic carbocycles. The molecule has 2 N–H and O–H groups in total. The zero-order valence-corrected chi connectivity index (χ0v) is 14.4. The van der Waals surface area contributed by atoms with Crippen LogP contribution in [0.3, 0.4) is 0 Å². The molecule has 0 amide bonds. The molecule has 2 heterocycles. The maximum Gasteiger partial charge on any atom is 0.171 e. The van der Waals surface area contributed by atoms with Crippen LogP contribution in [0.4, 0.5) is 11.5 Å². The van der Waals surface area contributed by atoms with Gasteiger partial charge in [0.2, 0.25) is 0 Å². The highest BCUT2D eigenvalue weighted by atomic mass is 32.1. The quantitative estimate of drug-likeness (QED) is 0.655. The van der Waals surface area contributed by atoms with E-state index in [0.717, 1.165) is 37.8 Å². The van der Waals surface area contributed by atoms with Crippen molar-refractivity contribution in [3.8, 4) is 0 Å². The highest BCUT2D eigenvalue weighted by molar-refractivity contribution is 7.80. The van der Waals surface area contributed by atoms with Crippen LogP contribution in [-0.4, -0.2) is 42.4 Å². The van der Waals surface area contributed by atoms with E-state index in [2.05, 4.69) is 20.5 Å². The van der Waals surface area contributed by atoms with E-state index in [0.29, 0.717) is 11.2 Å². The van der Waals surface area contributed by atoms with Gasteiger partial charge in [0.1, 0.15) is 5.82 Å². The van der Waals surface area contributed by atoms with E-state index < -0.39 is 0 Å². The van der Waals surface area contributed by atoms with Gasteiger partial charge in [0.05, 0.1) is 25.1 Å². The van der Waals surface area contributed by atoms with Crippen LogP contribution >= 0.6 is 12.2 Å². The SMILES string of the molecule is S=C(Nc1ccc(N2CCOCC2)nc1)NC1CCCCCC1. The molecule has 0 atom stereocenters. The normalized spacial score (nSPS) is 19.9. The molecule has 1 aromatic heterocycles. The minimum atomic E-state index is 0.512. The summed E-state index contributed by atoms with van der Waals surface area (Å²) in [5.74, 6) is 1.00. The van der Waals surface area contributed by atoms with Crippen LogP contribution in [0.1, 0.15) is 38.5 Å². The Morgan fingerprint density at radius 1 is 1.13 bits per heavy atom. The number of ether oxygens (including phenoxy) is 1. The highest BCUT2D eigenvalue weighted by Gasteiger charge is 2.14. The molecule has 0 spiro atoms. The molecule has 1 saturated heterocycles. The molecule has 0 unspecified atom stereocenters. The van der Waals surface area contributed by atoms with Crippen molar-refractivity contribution in [1.29, 1.82) is 0 Å². The van der Waals surface area contributed by atoms with Gasteiger partial charge in [0.15, 0.2) is 5.11 Å². The number of morpholine rings is 1. The van der Waals surface area contributed by atoms with E-state index >= 15 is 0 Å². The molecule has 1 saturated carbocycles. The summed E-state index contributed by atoms with van der Waals surface area (Å²) >= 11 is 5.44. The lowest BCUT2D eigenvalue weighted by Crippen LogP contribution is -2.37. The molecule has 2 aliphatic rings. The summed E-state index contributed by atoms with van der Waals surface area (Å²) in [6.07, 6.45) is 9.60. The average molecular weight is 334 g/mol. The van der Waals surface area contributed by atoms with Gasteiger partial charge in [-0.15, -0.1) is 0 Å². The first kappa shape index (κ1) is 16.5. The fourth-order valence-corrected chi connectivity index (χ4v) is 3.50. The maximum absolute atomic E-state index is 5.44. The maximum atomic E-state index is 5.44. The predicted molar refractivity (Wildman–Crippen MR) is 98.1 cm³/mol. The van der Waals surface area contributed by atoms with Gasteiger partial charge in [0, 0.05) is 19.1 Å². The van der Waals surface area contributed by atoms with Crippen LogP contribution in [0.2, 0.25) is 0 Å². The second kappa shape index (κ2) is 8.45. The molecule has 3 rings (SSSR count). The summed E-state index contributed by atoms with van der Waals surface area (Å²) in [6, 6.07) is 4.60. The predicted octanol–water partition coefficient (Wildman–Crippen LogP) is 2.93. The van der Waals surface area contributed by atoms with E-state index in [-0.39, 0.29) is 0 Å². The molecule has 2 fully saturated rings. The Morgan fingerprint density at radius 3 is 2.52 bits per heavy atom. The number of rotatable bonds is 3. The monoisotopic (exact) mass is 334 g/mol. The van der Waals surface area contributed by atoms with Crippen molar-refractivity contribution >= 4 is 28.8 Å². The molecule has 126 valence electrons. The van der Waals surface area contributed by atoms with Gasteiger partial charge in [-0.05, 0) is 37.2 Å². The second-order valence-corrected chi connectivity index (χ2v) is 6.70. The molecule has 23 heavy (non-hydrogen) atoms. The molecule has 1 aliphatic carbocycles. The zero-order chi connectivity index (χ0) is 15.9. The Hall–Kier alpha value is -1.40. The van der Waals surface area contributed by atoms with Gasteiger partial charge in [-0.2, -0.15) is 0 Å². The van der Waals surface area contributed by atoms with Crippen molar-refractivity contribution in [3.63, 3.8) is 0 Å². The number of nitrogens with zero attached hydrogens (tertiary/aromatic N) is 2. The Morgan fingerprint density at radius 2 is 1.87 bits per heavy atom. The van der Waals surface area contributed by atoms with Crippen LogP contribution < -0.4 is 15.5 Å². The van der Waals surface area contributed by atoms with Crippen LogP contribution in [0, 0.1) is 0 Å². The highest BCUT2D eigenvalue weighted by Crippen LogP contribution is 2.18. The standard InChI is InChI=1S/C17H26N4OS/c23-17(19-14-5-3-1-2-4-6-14)20-15-7-8-16(18-13-15)21-9-11-22-12-10-21/h7-8,13-14H,1-6,9-12H2,(H2,19,20,23). The van der Waals surface area contributed by atoms with Crippen LogP contribution in [0.5, 0.6) is 0 Å². The number of pyridine rings is 1. The largest absolute Gasteiger partial charge is 0.378 e. The van der Waals surface area contributed by atoms with E-state index in [1.807, 2.05) is 18.3 Å². The van der Waals surface area contributed by atoms with E-state index in [1.165, 1.54) is 38.5 Å². The second-order valence-electron chi connectivity index (χ2n) is 6.29. The van der Waals surface area contributed by atoms with Gasteiger partial charge in [0.25, 0.3) is 0 Å². The number of nitrogens with one attached hydrogen (secondary N) is 2. The van der Waals surface area contributed by atoms with Crippen molar-refractivity contribution in [3.05, 3.63) is 18.3 Å². The summed E-state index contributed by atoms with van der Waals surface area (Å²) in [6.45, 7) is 3.36. The van der Waals surface area contributed by atoms with Gasteiger partial charge in [-0.3, -0.25) is 0 Å². The molecule has 6 heteroatoms. The van der Waals surface area contributed by atoms with Crippen molar-refractivity contribution < 1.29 is 4.74 Å². The third kappa shape index (κ3) is 5.04. The molecule has 1 aliphatic heterocycles. The minimum Gasteiger partial charge on any atom is -0.378 e. The molecular weight excluding hydrogens is 308 g/mol. The van der Waals surface area contributed by atoms with E-state index in [9.17, 15) is 0 Å². The number of hydrogen-bond acceptors (Lipinski definition) is 4. The molecule has 0 radical (unpaired) electrons. The first-order valence-electron chi connectivity index (χ1n) is 8.67. The number of aromatic nitrogens is 1. The van der Waals surface area contributed by atoms with Crippen LogP contribution in [0.25, 0.3) is 0 Å².